The maximum atomic E-state index is 12.1. The van der Waals surface area contributed by atoms with Crippen molar-refractivity contribution in [2.24, 2.45) is 5.92 Å². The summed E-state index contributed by atoms with van der Waals surface area (Å²) in [5, 5.41) is 2.19. The molecule has 0 unspecified atom stereocenters. The maximum Gasteiger partial charge on any atom is 0.242 e. The van der Waals surface area contributed by atoms with Crippen LogP contribution >= 0.6 is 0 Å². The van der Waals surface area contributed by atoms with Crippen LogP contribution in [0.1, 0.15) is 37.7 Å². The zero-order chi connectivity index (χ0) is 16.1. The number of hydrogen-bond acceptors (Lipinski definition) is 2. The van der Waals surface area contributed by atoms with Gasteiger partial charge in [-0.1, -0.05) is 61.7 Å². The highest BCUT2D eigenvalue weighted by Crippen LogP contribution is 2.23. The molecule has 1 saturated carbocycles. The van der Waals surface area contributed by atoms with Gasteiger partial charge in [0.1, 0.15) is 0 Å². The van der Waals surface area contributed by atoms with Gasteiger partial charge in [0.2, 0.25) is 11.8 Å². The Labute approximate surface area is 136 Å². The highest BCUT2D eigenvalue weighted by Gasteiger charge is 2.21. The van der Waals surface area contributed by atoms with E-state index in [0.29, 0.717) is 0 Å². The van der Waals surface area contributed by atoms with E-state index >= 15 is 0 Å². The lowest BCUT2D eigenvalue weighted by atomic mass is 9.89. The Balaban J connectivity index is 1.57. The zero-order valence-electron chi connectivity index (χ0n) is 13.2. The van der Waals surface area contributed by atoms with Gasteiger partial charge in [-0.25, -0.2) is 0 Å². The third-order valence-electron chi connectivity index (χ3n) is 4.53. The molecule has 0 spiro atoms. The standard InChI is InChI=1S/C19H22N2O2/c22-18(20-21-19(23)15-8-2-1-3-9-15)13-16-11-6-10-14-7-4-5-12-17(14)16/h4-7,10-12,15H,1-3,8-9,13H2,(H,20,22)(H,21,23). The molecule has 0 bridgehead atoms. The number of hydrazine groups is 1. The molecule has 2 N–H and O–H groups in total. The van der Waals surface area contributed by atoms with Gasteiger partial charge in [0.15, 0.2) is 0 Å². The summed E-state index contributed by atoms with van der Waals surface area (Å²) in [7, 11) is 0. The van der Waals surface area contributed by atoms with Gasteiger partial charge in [-0.05, 0) is 29.2 Å². The third kappa shape index (κ3) is 3.89. The lowest BCUT2D eigenvalue weighted by Gasteiger charge is -2.20. The fourth-order valence-corrected chi connectivity index (χ4v) is 3.26. The van der Waals surface area contributed by atoms with E-state index in [1.807, 2.05) is 42.5 Å². The second-order valence-corrected chi connectivity index (χ2v) is 6.19. The number of carbonyl (C=O) groups excluding carboxylic acids is 2. The van der Waals surface area contributed by atoms with Gasteiger partial charge in [0.25, 0.3) is 0 Å². The Morgan fingerprint density at radius 2 is 1.65 bits per heavy atom. The molecule has 2 aromatic rings. The minimum atomic E-state index is -0.189. The number of carbonyl (C=O) groups is 2. The van der Waals surface area contributed by atoms with Crippen molar-refractivity contribution in [2.45, 2.75) is 38.5 Å². The first-order valence-corrected chi connectivity index (χ1v) is 8.29. The predicted molar refractivity (Wildman–Crippen MR) is 90.5 cm³/mol. The summed E-state index contributed by atoms with van der Waals surface area (Å²) in [6.45, 7) is 0. The summed E-state index contributed by atoms with van der Waals surface area (Å²) in [6.07, 6.45) is 5.50. The summed E-state index contributed by atoms with van der Waals surface area (Å²) in [5.41, 5.74) is 6.10. The molecule has 0 radical (unpaired) electrons. The van der Waals surface area contributed by atoms with Crippen LogP contribution < -0.4 is 10.9 Å². The third-order valence-corrected chi connectivity index (χ3v) is 4.53. The van der Waals surface area contributed by atoms with E-state index in [2.05, 4.69) is 10.9 Å². The van der Waals surface area contributed by atoms with Crippen molar-refractivity contribution in [2.75, 3.05) is 0 Å². The van der Waals surface area contributed by atoms with E-state index < -0.39 is 0 Å². The number of benzene rings is 2. The first-order chi connectivity index (χ1) is 11.2. The van der Waals surface area contributed by atoms with Crippen LogP contribution in [0.5, 0.6) is 0 Å². The summed E-state index contributed by atoms with van der Waals surface area (Å²) in [6, 6.07) is 13.9. The van der Waals surface area contributed by atoms with Gasteiger partial charge in [0.05, 0.1) is 6.42 Å². The maximum absolute atomic E-state index is 12.1. The second kappa shape index (κ2) is 7.27. The van der Waals surface area contributed by atoms with Gasteiger partial charge >= 0.3 is 0 Å². The van der Waals surface area contributed by atoms with Crippen molar-refractivity contribution in [1.82, 2.24) is 10.9 Å². The lowest BCUT2D eigenvalue weighted by Crippen LogP contribution is -2.45. The van der Waals surface area contributed by atoms with Gasteiger partial charge in [0, 0.05) is 5.92 Å². The van der Waals surface area contributed by atoms with Crippen molar-refractivity contribution in [3.05, 3.63) is 48.0 Å². The second-order valence-electron chi connectivity index (χ2n) is 6.19. The molecule has 0 aromatic heterocycles. The van der Waals surface area contributed by atoms with Crippen molar-refractivity contribution < 1.29 is 9.59 Å². The fraction of sp³-hybridized carbons (Fsp3) is 0.368. The molecule has 4 nitrogen and oxygen atoms in total. The summed E-state index contributed by atoms with van der Waals surface area (Å²) >= 11 is 0. The summed E-state index contributed by atoms with van der Waals surface area (Å²) in [4.78, 5) is 24.2. The van der Waals surface area contributed by atoms with E-state index in [9.17, 15) is 9.59 Å². The van der Waals surface area contributed by atoms with E-state index in [1.165, 1.54) is 6.42 Å². The van der Waals surface area contributed by atoms with E-state index in [1.54, 1.807) is 0 Å². The van der Waals surface area contributed by atoms with Crippen LogP contribution in [-0.4, -0.2) is 11.8 Å². The number of rotatable bonds is 3. The Bertz CT molecular complexity index is 700. The first-order valence-electron chi connectivity index (χ1n) is 8.29. The van der Waals surface area contributed by atoms with Crippen LogP contribution in [0.3, 0.4) is 0 Å². The Hall–Kier alpha value is -2.36. The van der Waals surface area contributed by atoms with Crippen molar-refractivity contribution in [3.63, 3.8) is 0 Å². The highest BCUT2D eigenvalue weighted by molar-refractivity contribution is 5.91. The number of hydrogen-bond donors (Lipinski definition) is 2. The fourth-order valence-electron chi connectivity index (χ4n) is 3.26. The number of nitrogens with one attached hydrogen (secondary N) is 2. The molecule has 0 heterocycles. The largest absolute Gasteiger partial charge is 0.273 e. The van der Waals surface area contributed by atoms with Crippen LogP contribution in [-0.2, 0) is 16.0 Å². The molecular formula is C19H22N2O2. The highest BCUT2D eigenvalue weighted by atomic mass is 16.2. The average Bonchev–Trinajstić information content (AvgIpc) is 2.61. The van der Waals surface area contributed by atoms with E-state index in [4.69, 9.17) is 0 Å². The van der Waals surface area contributed by atoms with E-state index in [-0.39, 0.29) is 24.2 Å². The molecule has 0 atom stereocenters. The van der Waals surface area contributed by atoms with Crippen LogP contribution in [0.2, 0.25) is 0 Å². The van der Waals surface area contributed by atoms with Crippen molar-refractivity contribution in [3.8, 4) is 0 Å². The summed E-state index contributed by atoms with van der Waals surface area (Å²) in [5.74, 6) is -0.205. The molecule has 3 rings (SSSR count). The molecule has 2 amide bonds. The summed E-state index contributed by atoms with van der Waals surface area (Å²) < 4.78 is 0. The minimum absolute atomic E-state index is 0.0432. The quantitative estimate of drug-likeness (QED) is 0.856. The molecule has 120 valence electrons. The Morgan fingerprint density at radius 1 is 0.913 bits per heavy atom. The van der Waals surface area contributed by atoms with Crippen molar-refractivity contribution in [1.29, 1.82) is 0 Å². The van der Waals surface area contributed by atoms with Gasteiger partial charge < -0.3 is 0 Å². The smallest absolute Gasteiger partial charge is 0.242 e. The Kier molecular flexibility index (Phi) is 4.91. The van der Waals surface area contributed by atoms with Gasteiger partial charge in [-0.3, -0.25) is 20.4 Å². The first kappa shape index (κ1) is 15.5. The van der Waals surface area contributed by atoms with Crippen LogP contribution in [0.15, 0.2) is 42.5 Å². The molecular weight excluding hydrogens is 288 g/mol. The predicted octanol–water partition coefficient (Wildman–Crippen LogP) is 3.11. The molecule has 23 heavy (non-hydrogen) atoms. The lowest BCUT2D eigenvalue weighted by molar-refractivity contribution is -0.131. The van der Waals surface area contributed by atoms with Crippen molar-refractivity contribution >= 4 is 22.6 Å². The van der Waals surface area contributed by atoms with E-state index in [0.717, 1.165) is 42.0 Å². The van der Waals surface area contributed by atoms with Gasteiger partial charge in [-0.15, -0.1) is 0 Å². The number of fused-ring (bicyclic) bond motifs is 1. The molecule has 1 fully saturated rings. The normalized spacial score (nSPS) is 15.3. The minimum Gasteiger partial charge on any atom is -0.273 e. The van der Waals surface area contributed by atoms with Crippen LogP contribution in [0.25, 0.3) is 10.8 Å². The van der Waals surface area contributed by atoms with Crippen LogP contribution in [0, 0.1) is 5.92 Å². The average molecular weight is 310 g/mol. The Morgan fingerprint density at radius 3 is 2.48 bits per heavy atom. The molecule has 0 saturated heterocycles. The zero-order valence-corrected chi connectivity index (χ0v) is 13.2. The number of amides is 2. The molecule has 1 aliphatic rings. The SMILES string of the molecule is O=C(Cc1cccc2ccccc12)NNC(=O)C1CCCCC1. The topological polar surface area (TPSA) is 58.2 Å². The molecule has 0 aliphatic heterocycles. The van der Waals surface area contributed by atoms with Gasteiger partial charge in [-0.2, -0.15) is 0 Å². The van der Waals surface area contributed by atoms with Crippen LogP contribution in [0.4, 0.5) is 0 Å². The molecule has 2 aromatic carbocycles. The molecule has 4 heteroatoms. The monoisotopic (exact) mass is 310 g/mol. The molecule has 1 aliphatic carbocycles.